The maximum absolute atomic E-state index is 11.5. The molecule has 0 unspecified atom stereocenters. The summed E-state index contributed by atoms with van der Waals surface area (Å²) in [6, 6.07) is 20.4. The van der Waals surface area contributed by atoms with Gasteiger partial charge in [0.05, 0.1) is 6.61 Å². The maximum atomic E-state index is 11.5. The van der Waals surface area contributed by atoms with E-state index in [4.69, 9.17) is 9.16 Å². The largest absolute Gasteiger partial charge is 0.452 e. The van der Waals surface area contributed by atoms with Gasteiger partial charge in [0, 0.05) is 6.08 Å². The third-order valence-corrected chi connectivity index (χ3v) is 10.0. The third kappa shape index (κ3) is 3.76. The summed E-state index contributed by atoms with van der Waals surface area (Å²) in [7, 11) is -2.81. The number of cyclic esters (lactones) is 1. The highest BCUT2D eigenvalue weighted by Crippen LogP contribution is 2.38. The van der Waals surface area contributed by atoms with E-state index in [1.165, 1.54) is 6.08 Å². The summed E-state index contributed by atoms with van der Waals surface area (Å²) in [6.07, 6.45) is 1.85. The van der Waals surface area contributed by atoms with E-state index in [1.54, 1.807) is 6.08 Å². The number of carbonyl (C=O) groups excluding carboxylic acids is 1. The molecule has 1 heterocycles. The van der Waals surface area contributed by atoms with Crippen molar-refractivity contribution >= 4 is 24.7 Å². The molecule has 0 aliphatic carbocycles. The Morgan fingerprint density at radius 2 is 1.56 bits per heavy atom. The zero-order chi connectivity index (χ0) is 19.5. The van der Waals surface area contributed by atoms with Crippen LogP contribution in [-0.2, 0) is 14.0 Å². The molecule has 1 aliphatic heterocycles. The molecule has 2 atom stereocenters. The number of rotatable bonds is 6. The minimum atomic E-state index is -2.81. The number of benzene rings is 2. The van der Waals surface area contributed by atoms with Gasteiger partial charge in [-0.3, -0.25) is 0 Å². The first-order chi connectivity index (χ1) is 12.9. The summed E-state index contributed by atoms with van der Waals surface area (Å²) in [5.41, 5.74) is 0. The lowest BCUT2D eigenvalue weighted by Gasteiger charge is -2.45. The number of hydrogen-bond acceptors (Lipinski definition) is 4. The molecule has 2 aromatic carbocycles. The molecule has 0 amide bonds. The van der Waals surface area contributed by atoms with Crippen molar-refractivity contribution in [2.24, 2.45) is 0 Å². The monoisotopic (exact) mass is 382 g/mol. The fraction of sp³-hybridized carbons (Fsp3) is 0.318. The number of ether oxygens (including phenoxy) is 1. The summed E-state index contributed by atoms with van der Waals surface area (Å²) in [4.78, 5) is 11.5. The van der Waals surface area contributed by atoms with E-state index in [0.717, 1.165) is 10.4 Å². The Kier molecular flexibility index (Phi) is 5.65. The maximum Gasteiger partial charge on any atom is 0.331 e. The molecule has 0 saturated carbocycles. The zero-order valence-corrected chi connectivity index (χ0v) is 17.0. The van der Waals surface area contributed by atoms with Crippen LogP contribution >= 0.6 is 0 Å². The summed E-state index contributed by atoms with van der Waals surface area (Å²) in [5, 5.41) is 12.1. The third-order valence-electron chi connectivity index (χ3n) is 4.97. The van der Waals surface area contributed by atoms with E-state index in [-0.39, 0.29) is 11.6 Å². The van der Waals surface area contributed by atoms with Crippen LogP contribution in [0.25, 0.3) is 0 Å². The van der Waals surface area contributed by atoms with Gasteiger partial charge in [0.15, 0.2) is 0 Å². The molecular weight excluding hydrogens is 356 g/mol. The first-order valence-corrected chi connectivity index (χ1v) is 11.1. The lowest BCUT2D eigenvalue weighted by molar-refractivity contribution is -0.143. The Labute approximate surface area is 161 Å². The van der Waals surface area contributed by atoms with E-state index in [0.29, 0.717) is 0 Å². The van der Waals surface area contributed by atoms with Crippen molar-refractivity contribution in [2.75, 3.05) is 6.61 Å². The number of esters is 1. The topological polar surface area (TPSA) is 55.8 Å². The van der Waals surface area contributed by atoms with Crippen LogP contribution in [0.5, 0.6) is 0 Å². The number of aliphatic hydroxyl groups excluding tert-OH is 1. The van der Waals surface area contributed by atoms with Gasteiger partial charge < -0.3 is 14.3 Å². The number of carbonyl (C=O) groups is 1. The molecule has 5 heteroatoms. The highest BCUT2D eigenvalue weighted by Gasteiger charge is 2.52. The fourth-order valence-corrected chi connectivity index (χ4v) is 8.39. The standard InChI is InChI=1S/C22H26O4Si/c1-22(2,3)27(17-10-6-4-7-11-17,18-12-8-5-9-13-18)26-20(16-23)19-14-15-21(24)25-19/h4-15,19-20,23H,16H2,1-3H3/t19-,20+/m0/s1. The Morgan fingerprint density at radius 1 is 1.04 bits per heavy atom. The molecule has 4 nitrogen and oxygen atoms in total. The Balaban J connectivity index is 2.14. The van der Waals surface area contributed by atoms with E-state index < -0.39 is 26.5 Å². The van der Waals surface area contributed by atoms with Crippen LogP contribution in [0.3, 0.4) is 0 Å². The van der Waals surface area contributed by atoms with Gasteiger partial charge in [0.25, 0.3) is 8.32 Å². The second-order valence-electron chi connectivity index (χ2n) is 7.76. The molecule has 0 fully saturated rings. The van der Waals surface area contributed by atoms with Crippen molar-refractivity contribution in [1.29, 1.82) is 0 Å². The van der Waals surface area contributed by atoms with Gasteiger partial charge in [-0.05, 0) is 21.5 Å². The molecule has 1 N–H and O–H groups in total. The van der Waals surface area contributed by atoms with Gasteiger partial charge in [-0.15, -0.1) is 0 Å². The Bertz CT molecular complexity index is 757. The normalized spacial score (nSPS) is 18.4. The molecule has 0 radical (unpaired) electrons. The summed E-state index contributed by atoms with van der Waals surface area (Å²) in [6.45, 7) is 6.28. The van der Waals surface area contributed by atoms with Gasteiger partial charge >= 0.3 is 5.97 Å². The Morgan fingerprint density at radius 3 is 1.93 bits per heavy atom. The minimum absolute atomic E-state index is 0.213. The number of hydrogen-bond donors (Lipinski definition) is 1. The lowest BCUT2D eigenvalue weighted by atomic mass is 10.2. The van der Waals surface area contributed by atoms with E-state index in [9.17, 15) is 9.90 Å². The summed E-state index contributed by atoms with van der Waals surface area (Å²) < 4.78 is 12.1. The zero-order valence-electron chi connectivity index (χ0n) is 16.0. The SMILES string of the molecule is CC(C)(C)[Si](O[C@H](CO)[C@@H]1C=CC(=O)O1)(c1ccccc1)c1ccccc1. The van der Waals surface area contributed by atoms with Crippen LogP contribution < -0.4 is 10.4 Å². The molecule has 0 bridgehead atoms. The first kappa shape index (κ1) is 19.5. The summed E-state index contributed by atoms with van der Waals surface area (Å²) >= 11 is 0. The van der Waals surface area contributed by atoms with Crippen molar-refractivity contribution in [3.63, 3.8) is 0 Å². The van der Waals surface area contributed by atoms with Gasteiger partial charge in [-0.2, -0.15) is 0 Å². The molecule has 142 valence electrons. The van der Waals surface area contributed by atoms with E-state index in [1.807, 2.05) is 36.4 Å². The molecule has 1 aliphatic rings. The van der Waals surface area contributed by atoms with Gasteiger partial charge in [-0.25, -0.2) is 4.79 Å². The minimum Gasteiger partial charge on any atom is -0.452 e. The smallest absolute Gasteiger partial charge is 0.331 e. The molecule has 27 heavy (non-hydrogen) atoms. The van der Waals surface area contributed by atoms with Crippen LogP contribution in [0.15, 0.2) is 72.8 Å². The van der Waals surface area contributed by atoms with Crippen molar-refractivity contribution in [3.8, 4) is 0 Å². The van der Waals surface area contributed by atoms with Crippen LogP contribution in [0.2, 0.25) is 5.04 Å². The van der Waals surface area contributed by atoms with Crippen LogP contribution in [0.4, 0.5) is 0 Å². The average molecular weight is 383 g/mol. The molecule has 0 saturated heterocycles. The second kappa shape index (κ2) is 7.80. The van der Waals surface area contributed by atoms with E-state index >= 15 is 0 Å². The highest BCUT2D eigenvalue weighted by molar-refractivity contribution is 6.99. The number of aliphatic hydroxyl groups is 1. The highest BCUT2D eigenvalue weighted by atomic mass is 28.4. The van der Waals surface area contributed by atoms with Gasteiger partial charge in [0.1, 0.15) is 12.2 Å². The quantitative estimate of drug-likeness (QED) is 0.616. The molecular formula is C22H26O4Si. The van der Waals surface area contributed by atoms with Crippen molar-refractivity contribution < 1.29 is 19.1 Å². The molecule has 0 aromatic heterocycles. The fourth-order valence-electron chi connectivity index (χ4n) is 3.71. The van der Waals surface area contributed by atoms with Gasteiger partial charge in [-0.1, -0.05) is 81.4 Å². The molecule has 0 spiro atoms. The lowest BCUT2D eigenvalue weighted by Crippen LogP contribution is -2.68. The van der Waals surface area contributed by atoms with Crippen LogP contribution in [0.1, 0.15) is 20.8 Å². The predicted molar refractivity (Wildman–Crippen MR) is 109 cm³/mol. The predicted octanol–water partition coefficient (Wildman–Crippen LogP) is 2.41. The van der Waals surface area contributed by atoms with Crippen LogP contribution in [0, 0.1) is 0 Å². The van der Waals surface area contributed by atoms with Crippen LogP contribution in [-0.4, -0.2) is 38.2 Å². The Hall–Kier alpha value is -2.21. The average Bonchev–Trinajstić information content (AvgIpc) is 3.09. The first-order valence-electron chi connectivity index (χ1n) is 9.17. The van der Waals surface area contributed by atoms with Gasteiger partial charge in [0.2, 0.25) is 0 Å². The van der Waals surface area contributed by atoms with Crippen molar-refractivity contribution in [2.45, 2.75) is 38.0 Å². The van der Waals surface area contributed by atoms with Crippen molar-refractivity contribution in [1.82, 2.24) is 0 Å². The van der Waals surface area contributed by atoms with Crippen molar-refractivity contribution in [3.05, 3.63) is 72.8 Å². The molecule has 3 rings (SSSR count). The second-order valence-corrected chi connectivity index (χ2v) is 12.0. The summed E-state index contributed by atoms with van der Waals surface area (Å²) in [5.74, 6) is -0.399. The molecule has 2 aromatic rings. The van der Waals surface area contributed by atoms with E-state index in [2.05, 4.69) is 45.0 Å².